The fourth-order valence-corrected chi connectivity index (χ4v) is 6.65. The van der Waals surface area contributed by atoms with Crippen LogP contribution < -0.4 is 5.56 Å². The molecule has 1 aliphatic carbocycles. The highest BCUT2D eigenvalue weighted by Crippen LogP contribution is 2.35. The van der Waals surface area contributed by atoms with Gasteiger partial charge < -0.3 is 0 Å². The molecule has 0 amide bonds. The van der Waals surface area contributed by atoms with E-state index in [1.165, 1.54) is 26.2 Å². The second-order valence-electron chi connectivity index (χ2n) is 9.30. The van der Waals surface area contributed by atoms with Crippen molar-refractivity contribution in [1.82, 2.24) is 24.8 Å². The molecule has 0 spiro atoms. The zero-order valence-corrected chi connectivity index (χ0v) is 22.3. The maximum Gasteiger partial charge on any atom is 0.283 e. The number of hydrogen-bond donors (Lipinski definition) is 1. The predicted octanol–water partition coefficient (Wildman–Crippen LogP) is 5.91. The number of benzene rings is 2. The van der Waals surface area contributed by atoms with Gasteiger partial charge in [0.1, 0.15) is 11.2 Å². The van der Waals surface area contributed by atoms with Crippen LogP contribution in [0.2, 0.25) is 0 Å². The molecule has 0 unspecified atom stereocenters. The van der Waals surface area contributed by atoms with Crippen LogP contribution in [0.25, 0.3) is 21.6 Å². The fourth-order valence-electron chi connectivity index (χ4n) is 4.67. The summed E-state index contributed by atoms with van der Waals surface area (Å²) in [5.41, 5.74) is 6.39. The van der Waals surface area contributed by atoms with Gasteiger partial charge in [-0.3, -0.25) is 9.89 Å². The Hall–Kier alpha value is -3.56. The minimum atomic E-state index is -0.0972. The van der Waals surface area contributed by atoms with E-state index >= 15 is 0 Å². The Morgan fingerprint density at radius 2 is 2.03 bits per heavy atom. The molecule has 5 aromatic rings. The lowest BCUT2D eigenvalue weighted by Crippen LogP contribution is -2.21. The van der Waals surface area contributed by atoms with E-state index in [1.54, 1.807) is 35.6 Å². The number of thiophene rings is 1. The number of thioether (sulfide) groups is 1. The number of nitrogens with one attached hydrogen (secondary N) is 1. The van der Waals surface area contributed by atoms with E-state index in [-0.39, 0.29) is 5.56 Å². The monoisotopic (exact) mass is 526 g/mol. The van der Waals surface area contributed by atoms with Crippen LogP contribution in [0, 0.1) is 13.8 Å². The van der Waals surface area contributed by atoms with Crippen molar-refractivity contribution in [1.29, 1.82) is 0 Å². The third kappa shape index (κ3) is 4.76. The molecule has 2 aromatic carbocycles. The van der Waals surface area contributed by atoms with Gasteiger partial charge in [0, 0.05) is 16.2 Å². The molecule has 186 valence electrons. The number of aromatic nitrogens is 5. The molecule has 0 aliphatic heterocycles. The summed E-state index contributed by atoms with van der Waals surface area (Å²) < 4.78 is 1.49. The lowest BCUT2D eigenvalue weighted by molar-refractivity contribution is 0.699. The molecular formula is C28H26N6OS2. The Kier molecular flexibility index (Phi) is 6.48. The molecule has 0 saturated heterocycles. The molecule has 0 bridgehead atoms. The highest BCUT2D eigenvalue weighted by atomic mass is 32.2. The molecule has 1 N–H and O–H groups in total. The van der Waals surface area contributed by atoms with Crippen molar-refractivity contribution in [2.75, 3.05) is 0 Å². The first-order valence-corrected chi connectivity index (χ1v) is 14.1. The second-order valence-corrected chi connectivity index (χ2v) is 11.3. The van der Waals surface area contributed by atoms with E-state index in [4.69, 9.17) is 10.1 Å². The molecule has 3 aromatic heterocycles. The van der Waals surface area contributed by atoms with Crippen LogP contribution in [-0.4, -0.2) is 31.1 Å². The van der Waals surface area contributed by atoms with E-state index in [2.05, 4.69) is 53.3 Å². The Labute approximate surface area is 222 Å². The minimum absolute atomic E-state index is 0.0972. The smallest absolute Gasteiger partial charge is 0.267 e. The summed E-state index contributed by atoms with van der Waals surface area (Å²) in [7, 11) is 0. The highest BCUT2D eigenvalue weighted by Gasteiger charge is 2.22. The van der Waals surface area contributed by atoms with Gasteiger partial charge in [0.05, 0.1) is 11.6 Å². The van der Waals surface area contributed by atoms with Gasteiger partial charge in [-0.15, -0.1) is 16.4 Å². The fraction of sp³-hybridized carbons (Fsp3) is 0.250. The number of H-pyrrole nitrogens is 1. The first kappa shape index (κ1) is 23.8. The predicted molar refractivity (Wildman–Crippen MR) is 151 cm³/mol. The van der Waals surface area contributed by atoms with E-state index in [0.29, 0.717) is 16.7 Å². The van der Waals surface area contributed by atoms with Gasteiger partial charge in [-0.1, -0.05) is 48.2 Å². The SMILES string of the molecule is Cc1ccc(C=Nn2c(-c3cccc(CSc4nc[nH]n4)c3)nc3sc4c(c3c2=O)CCCC4)cc1C. The number of aromatic amines is 1. The number of rotatable bonds is 6. The summed E-state index contributed by atoms with van der Waals surface area (Å²) in [4.78, 5) is 25.3. The van der Waals surface area contributed by atoms with Crippen molar-refractivity contribution in [3.05, 3.63) is 91.8 Å². The normalized spacial score (nSPS) is 13.5. The van der Waals surface area contributed by atoms with Crippen LogP contribution in [0.3, 0.4) is 0 Å². The maximum absolute atomic E-state index is 14.0. The minimum Gasteiger partial charge on any atom is -0.267 e. The lowest BCUT2D eigenvalue weighted by atomic mass is 9.97. The topological polar surface area (TPSA) is 88.8 Å². The summed E-state index contributed by atoms with van der Waals surface area (Å²) in [5.74, 6) is 1.26. The molecule has 0 fully saturated rings. The summed E-state index contributed by atoms with van der Waals surface area (Å²) in [5, 5.41) is 13.0. The zero-order valence-electron chi connectivity index (χ0n) is 20.7. The van der Waals surface area contributed by atoms with Crippen molar-refractivity contribution >= 4 is 39.5 Å². The first-order valence-electron chi connectivity index (χ1n) is 12.3. The second kappa shape index (κ2) is 10.1. The van der Waals surface area contributed by atoms with Crippen molar-refractivity contribution in [3.63, 3.8) is 0 Å². The molecule has 3 heterocycles. The summed E-state index contributed by atoms with van der Waals surface area (Å²) in [6.45, 7) is 4.17. The standard InChI is InChI=1S/C28H26N6OS2/c1-17-10-11-19(12-18(17)2)14-31-34-25(21-7-5-6-20(13-21)15-36-28-29-16-30-33-28)32-26-24(27(34)35)22-8-3-4-9-23(22)37-26/h5-7,10-14,16H,3-4,8-9,15H2,1-2H3,(H,29,30,33). The number of fused-ring (bicyclic) bond motifs is 3. The molecule has 9 heteroatoms. The zero-order chi connectivity index (χ0) is 25.4. The van der Waals surface area contributed by atoms with Crippen LogP contribution in [-0.2, 0) is 18.6 Å². The highest BCUT2D eigenvalue weighted by molar-refractivity contribution is 7.98. The first-order chi connectivity index (χ1) is 18.1. The number of hydrogen-bond acceptors (Lipinski definition) is 7. The molecule has 37 heavy (non-hydrogen) atoms. The van der Waals surface area contributed by atoms with Crippen molar-refractivity contribution in [3.8, 4) is 11.4 Å². The molecule has 0 saturated carbocycles. The summed E-state index contributed by atoms with van der Waals surface area (Å²) in [6, 6.07) is 14.3. The third-order valence-corrected chi connectivity index (χ3v) is 8.88. The van der Waals surface area contributed by atoms with Crippen molar-refractivity contribution in [2.24, 2.45) is 5.10 Å². The van der Waals surface area contributed by atoms with Crippen LogP contribution in [0.5, 0.6) is 0 Å². The van der Waals surface area contributed by atoms with E-state index in [9.17, 15) is 4.79 Å². The van der Waals surface area contributed by atoms with Gasteiger partial charge in [-0.25, -0.2) is 9.97 Å². The number of aryl methyl sites for hydroxylation is 4. The van der Waals surface area contributed by atoms with Crippen molar-refractivity contribution < 1.29 is 0 Å². The van der Waals surface area contributed by atoms with Crippen LogP contribution in [0.4, 0.5) is 0 Å². The lowest BCUT2D eigenvalue weighted by Gasteiger charge is -2.12. The molecule has 0 atom stereocenters. The summed E-state index contributed by atoms with van der Waals surface area (Å²) in [6.07, 6.45) is 7.55. The van der Waals surface area contributed by atoms with Gasteiger partial charge in [0.25, 0.3) is 5.56 Å². The maximum atomic E-state index is 14.0. The van der Waals surface area contributed by atoms with Gasteiger partial charge in [0.2, 0.25) is 5.16 Å². The number of nitrogens with zero attached hydrogens (tertiary/aromatic N) is 5. The Morgan fingerprint density at radius 1 is 1.14 bits per heavy atom. The Morgan fingerprint density at radius 3 is 2.86 bits per heavy atom. The Bertz CT molecular complexity index is 1680. The van der Waals surface area contributed by atoms with Crippen LogP contribution in [0.15, 0.2) is 63.8 Å². The average molecular weight is 527 g/mol. The molecule has 6 rings (SSSR count). The Balaban J connectivity index is 1.47. The van der Waals surface area contributed by atoms with Crippen molar-refractivity contribution in [2.45, 2.75) is 50.4 Å². The quantitative estimate of drug-likeness (QED) is 0.219. The van der Waals surface area contributed by atoms with Gasteiger partial charge in [-0.05, 0) is 73.4 Å². The molecule has 1 aliphatic rings. The molecule has 0 radical (unpaired) electrons. The largest absolute Gasteiger partial charge is 0.283 e. The molecular weight excluding hydrogens is 500 g/mol. The van der Waals surface area contributed by atoms with Crippen LogP contribution >= 0.6 is 23.1 Å². The molecule has 7 nitrogen and oxygen atoms in total. The average Bonchev–Trinajstić information content (AvgIpc) is 3.57. The third-order valence-electron chi connectivity index (χ3n) is 6.77. The van der Waals surface area contributed by atoms with Crippen LogP contribution in [0.1, 0.15) is 45.5 Å². The van der Waals surface area contributed by atoms with Gasteiger partial charge in [-0.2, -0.15) is 9.78 Å². The van der Waals surface area contributed by atoms with Gasteiger partial charge >= 0.3 is 0 Å². The van der Waals surface area contributed by atoms with E-state index in [0.717, 1.165) is 52.6 Å². The van der Waals surface area contributed by atoms with Gasteiger partial charge in [0.15, 0.2) is 5.82 Å². The van der Waals surface area contributed by atoms with E-state index < -0.39 is 0 Å². The summed E-state index contributed by atoms with van der Waals surface area (Å²) >= 11 is 3.21. The van der Waals surface area contributed by atoms with E-state index in [1.807, 2.05) is 18.2 Å².